The van der Waals surface area contributed by atoms with Crippen LogP contribution in [0.2, 0.25) is 0 Å². The minimum Gasteiger partial charge on any atom is -0.508 e. The van der Waals surface area contributed by atoms with Gasteiger partial charge in [-0.15, -0.1) is 0 Å². The summed E-state index contributed by atoms with van der Waals surface area (Å²) in [5.41, 5.74) is 1.95. The van der Waals surface area contributed by atoms with Gasteiger partial charge >= 0.3 is 11.9 Å². The molecule has 0 aromatic heterocycles. The monoisotopic (exact) mass is 867 g/mol. The number of benzene rings is 4. The molecule has 3 aliphatic heterocycles. The lowest BCUT2D eigenvalue weighted by molar-refractivity contribution is -0.271. The van der Waals surface area contributed by atoms with E-state index in [2.05, 4.69) is 0 Å². The minimum absolute atomic E-state index is 0.0687. The van der Waals surface area contributed by atoms with Gasteiger partial charge in [0.2, 0.25) is 12.2 Å². The Kier molecular flexibility index (Phi) is 12.9. The van der Waals surface area contributed by atoms with Crippen LogP contribution in [0.5, 0.6) is 11.5 Å². The Bertz CT molecular complexity index is 2270. The molecule has 0 bridgehead atoms. The third kappa shape index (κ3) is 8.74. The van der Waals surface area contributed by atoms with Crippen LogP contribution < -0.4 is 9.64 Å². The van der Waals surface area contributed by atoms with Gasteiger partial charge < -0.3 is 65.1 Å². The molecule has 3 heterocycles. The van der Waals surface area contributed by atoms with E-state index in [4.69, 9.17) is 14.2 Å². The summed E-state index contributed by atoms with van der Waals surface area (Å²) < 4.78 is 44.9. The molecule has 324 valence electrons. The maximum atomic E-state index is 14.5. The van der Waals surface area contributed by atoms with Crippen LogP contribution >= 0.6 is 0 Å². The number of aliphatic hydroxyl groups excluding tert-OH is 6. The molecule has 0 spiro atoms. The zero-order valence-electron chi connectivity index (χ0n) is 31.8. The number of aliphatic carboxylic acids is 2. The molecule has 9 N–H and O–H groups in total. The maximum absolute atomic E-state index is 14.5. The summed E-state index contributed by atoms with van der Waals surface area (Å²) in [5.74, 6) is -5.69. The molecule has 4 aromatic rings. The van der Waals surface area contributed by atoms with Gasteiger partial charge in [-0.3, -0.25) is 9.00 Å². The summed E-state index contributed by atoms with van der Waals surface area (Å²) in [7, 11) is -2.07. The van der Waals surface area contributed by atoms with E-state index in [9.17, 15) is 68.9 Å². The molecule has 3 aliphatic rings. The number of ether oxygens (including phenoxy) is 3. The fraction of sp³-hybridized carbons (Fsp3) is 0.357. The van der Waals surface area contributed by atoms with Gasteiger partial charge in [0.25, 0.3) is 0 Å². The number of hydrogen-bond donors (Lipinski definition) is 9. The first-order valence-electron chi connectivity index (χ1n) is 19.0. The number of halogens is 1. The maximum Gasteiger partial charge on any atom is 0.335 e. The number of para-hydroxylation sites is 1. The number of rotatable bonds is 13. The topological polar surface area (TPSA) is 281 Å². The van der Waals surface area contributed by atoms with Crippen molar-refractivity contribution in [2.24, 2.45) is 0 Å². The number of phenolic OH excluding ortho intramolecular Hbond substituents is 1. The minimum atomic E-state index is -2.07. The van der Waals surface area contributed by atoms with Gasteiger partial charge in [-0.1, -0.05) is 54.6 Å². The summed E-state index contributed by atoms with van der Waals surface area (Å²) in [6.45, 7) is 0. The van der Waals surface area contributed by atoms with Crippen molar-refractivity contribution < 1.29 is 83.2 Å². The molecule has 3 saturated heterocycles. The molecule has 0 aliphatic carbocycles. The number of aromatic hydroxyl groups is 1. The van der Waals surface area contributed by atoms with Gasteiger partial charge in [0.15, 0.2) is 12.2 Å². The lowest BCUT2D eigenvalue weighted by Crippen LogP contribution is -2.61. The van der Waals surface area contributed by atoms with Crippen LogP contribution in [0.4, 0.5) is 10.1 Å². The number of carbonyl (C=O) groups is 3. The van der Waals surface area contributed by atoms with Crippen molar-refractivity contribution in [2.45, 2.75) is 84.9 Å². The average molecular weight is 868 g/mol. The summed E-state index contributed by atoms with van der Waals surface area (Å²) >= 11 is 0. The van der Waals surface area contributed by atoms with E-state index < -0.39 is 113 Å². The van der Waals surface area contributed by atoms with Gasteiger partial charge in [-0.05, 0) is 71.5 Å². The van der Waals surface area contributed by atoms with Crippen LogP contribution in [-0.2, 0) is 34.7 Å². The predicted molar refractivity (Wildman–Crippen MR) is 210 cm³/mol. The van der Waals surface area contributed by atoms with Crippen molar-refractivity contribution in [3.63, 3.8) is 0 Å². The third-order valence-corrected chi connectivity index (χ3v) is 12.9. The number of anilines is 1. The van der Waals surface area contributed by atoms with Crippen LogP contribution in [-0.4, -0.2) is 140 Å². The van der Waals surface area contributed by atoms with E-state index in [1.165, 1.54) is 35.2 Å². The van der Waals surface area contributed by atoms with Crippen molar-refractivity contribution in [3.8, 4) is 22.6 Å². The Balaban J connectivity index is 1.16. The smallest absolute Gasteiger partial charge is 0.335 e. The Morgan fingerprint density at radius 2 is 1.36 bits per heavy atom. The molecule has 4 aromatic carbocycles. The molecular weight excluding hydrogens is 826 g/mol. The first-order valence-corrected chi connectivity index (χ1v) is 20.4. The first-order chi connectivity index (χ1) is 29.0. The molecule has 3 fully saturated rings. The number of β-lactam (4-membered cyclic amide) rings is 1. The van der Waals surface area contributed by atoms with Crippen molar-refractivity contribution in [1.82, 2.24) is 0 Å². The number of phenols is 1. The highest BCUT2D eigenvalue weighted by molar-refractivity contribution is 7.86. The number of nitrogens with zero attached hydrogens (tertiary/aromatic N) is 1. The predicted octanol–water partition coefficient (Wildman–Crippen LogP) is 0.783. The molecule has 1 amide bonds. The van der Waals surface area contributed by atoms with Gasteiger partial charge in [-0.25, -0.2) is 14.0 Å². The fourth-order valence-electron chi connectivity index (χ4n) is 7.87. The zero-order chi connectivity index (χ0) is 43.9. The molecule has 17 nitrogen and oxygen atoms in total. The van der Waals surface area contributed by atoms with Crippen LogP contribution in [0, 0.1) is 5.82 Å². The lowest BCUT2D eigenvalue weighted by Gasteiger charge is -2.47. The van der Waals surface area contributed by atoms with Crippen LogP contribution in [0.25, 0.3) is 11.1 Å². The van der Waals surface area contributed by atoms with Gasteiger partial charge in [0, 0.05) is 27.8 Å². The SMILES string of the molecule is O=C(O)C1O[C@@H](Oc2cccc(-c3ccc([C@@H]4[C@@H](S(=O)C[C@H](C[C@@H]5OC(C(=O)O)[C@@H](O)C(O)C5O)c5ccc(F)cc5)C(=O)N4c4ccccc4)c(O)c3)c2)C(O)C(O)[C@@H]1O. The quantitative estimate of drug-likeness (QED) is 0.0840. The fourth-order valence-corrected chi connectivity index (χ4v) is 9.70. The average Bonchev–Trinajstić information content (AvgIpc) is 3.23. The molecular formula is C42H42FNO16S. The van der Waals surface area contributed by atoms with E-state index in [0.29, 0.717) is 22.4 Å². The molecule has 61 heavy (non-hydrogen) atoms. The Hall–Kier alpha value is -5.35. The third-order valence-electron chi connectivity index (χ3n) is 11.1. The summed E-state index contributed by atoms with van der Waals surface area (Å²) in [4.78, 5) is 38.8. The Morgan fingerprint density at radius 3 is 2.00 bits per heavy atom. The highest BCUT2D eigenvalue weighted by Gasteiger charge is 2.54. The van der Waals surface area contributed by atoms with E-state index in [-0.39, 0.29) is 29.2 Å². The van der Waals surface area contributed by atoms with Crippen molar-refractivity contribution in [3.05, 3.63) is 114 Å². The second-order valence-electron chi connectivity index (χ2n) is 15.0. The zero-order valence-corrected chi connectivity index (χ0v) is 32.6. The number of aliphatic hydroxyl groups is 6. The summed E-state index contributed by atoms with van der Waals surface area (Å²) in [6.07, 6.45) is -18.3. The molecule has 0 radical (unpaired) electrons. The molecule has 0 saturated carbocycles. The Labute approximate surface area is 348 Å². The van der Waals surface area contributed by atoms with E-state index in [1.54, 1.807) is 54.6 Å². The lowest BCUT2D eigenvalue weighted by atomic mass is 9.87. The number of hydrogen-bond acceptors (Lipinski definition) is 14. The number of carboxylic acid groups (broad SMARTS) is 2. The van der Waals surface area contributed by atoms with E-state index >= 15 is 0 Å². The first kappa shape index (κ1) is 43.7. The highest BCUT2D eigenvalue weighted by atomic mass is 32.2. The summed E-state index contributed by atoms with van der Waals surface area (Å²) in [5, 5.41) is 91.5. The largest absolute Gasteiger partial charge is 0.508 e. The van der Waals surface area contributed by atoms with Crippen LogP contribution in [0.3, 0.4) is 0 Å². The Morgan fingerprint density at radius 1 is 0.738 bits per heavy atom. The molecule has 14 atom stereocenters. The van der Waals surface area contributed by atoms with Crippen molar-refractivity contribution in [1.29, 1.82) is 0 Å². The van der Waals surface area contributed by atoms with Crippen LogP contribution in [0.1, 0.15) is 29.5 Å². The van der Waals surface area contributed by atoms with Gasteiger partial charge in [0.05, 0.1) is 12.1 Å². The van der Waals surface area contributed by atoms with Gasteiger partial charge in [0.1, 0.15) is 59.2 Å². The molecule has 7 unspecified atom stereocenters. The molecule has 7 rings (SSSR count). The van der Waals surface area contributed by atoms with Gasteiger partial charge in [-0.2, -0.15) is 0 Å². The number of carbonyl (C=O) groups excluding carboxylic acids is 1. The van der Waals surface area contributed by atoms with Crippen molar-refractivity contribution >= 4 is 34.3 Å². The number of carboxylic acids is 2. The van der Waals surface area contributed by atoms with Crippen LogP contribution in [0.15, 0.2) is 97.1 Å². The second kappa shape index (κ2) is 17.9. The van der Waals surface area contributed by atoms with E-state index in [1.807, 2.05) is 0 Å². The standard InChI is InChI=1S/C42H42FNO16S/c43-23-12-9-19(10-13-23)22(17-28-30(46)31(47)33(49)36(59-28)40(53)54)18-61(57)38-29(44(39(38)52)24-6-2-1-3-7-24)26-14-11-21(16-27(26)45)20-5-4-8-25(15-20)58-42-35(51)32(48)34(50)37(60-42)41(55)56/h1-16,22,28-38,42,45-51H,17-18H2,(H,53,54)(H,55,56)/t22-,28-,29+,30?,31?,32?,33-,34-,35?,36?,37?,38+,42+,61?/m0/s1. The molecule has 19 heteroatoms. The van der Waals surface area contributed by atoms with E-state index in [0.717, 1.165) is 12.1 Å². The highest BCUT2D eigenvalue weighted by Crippen LogP contribution is 2.46. The summed E-state index contributed by atoms with van der Waals surface area (Å²) in [6, 6.07) is 23.3. The number of amides is 1. The second-order valence-corrected chi connectivity index (χ2v) is 16.6. The normalized spacial score (nSPS) is 31.1. The van der Waals surface area contributed by atoms with Crippen molar-refractivity contribution in [2.75, 3.05) is 10.7 Å².